The Morgan fingerprint density at radius 3 is 3.04 bits per heavy atom. The first kappa shape index (κ1) is 17.9. The second-order valence-corrected chi connectivity index (χ2v) is 6.30. The number of aliphatic hydroxyl groups excluding tert-OH is 1. The minimum atomic E-state index is -0.0213. The van der Waals surface area contributed by atoms with Gasteiger partial charge in [-0.2, -0.15) is 0 Å². The Morgan fingerprint density at radius 1 is 1.32 bits per heavy atom. The molecule has 0 aromatic carbocycles. The van der Waals surface area contributed by atoms with Crippen LogP contribution in [-0.4, -0.2) is 43.8 Å². The van der Waals surface area contributed by atoms with Gasteiger partial charge in [-0.3, -0.25) is 15.4 Å². The van der Waals surface area contributed by atoms with Crippen molar-refractivity contribution in [3.63, 3.8) is 0 Å². The van der Waals surface area contributed by atoms with Crippen molar-refractivity contribution in [2.24, 2.45) is 10.7 Å². The summed E-state index contributed by atoms with van der Waals surface area (Å²) in [4.78, 5) is 17.5. The van der Waals surface area contributed by atoms with Crippen molar-refractivity contribution >= 4 is 29.1 Å². The fourth-order valence-corrected chi connectivity index (χ4v) is 2.92. The molecule has 144 valence electrons. The van der Waals surface area contributed by atoms with Crippen molar-refractivity contribution in [1.29, 1.82) is 0 Å². The number of rotatable bonds is 6. The molecule has 0 bridgehead atoms. The van der Waals surface area contributed by atoms with Crippen LogP contribution in [0.15, 0.2) is 41.9 Å². The number of nitrogens with zero attached hydrogens (tertiary/aromatic N) is 6. The van der Waals surface area contributed by atoms with Crippen LogP contribution in [0.1, 0.15) is 17.0 Å². The number of aliphatic imine (C=N–C) groups is 1. The van der Waals surface area contributed by atoms with Gasteiger partial charge in [-0.25, -0.2) is 15.0 Å². The van der Waals surface area contributed by atoms with E-state index in [1.165, 1.54) is 6.20 Å². The number of nitrogens with two attached hydrogens (primary N) is 1. The Bertz CT molecular complexity index is 1060. The summed E-state index contributed by atoms with van der Waals surface area (Å²) in [7, 11) is 0. The zero-order valence-electron chi connectivity index (χ0n) is 15.4. The average Bonchev–Trinajstić information content (AvgIpc) is 3.29. The molecule has 3 aromatic heterocycles. The lowest BCUT2D eigenvalue weighted by molar-refractivity contribution is 0.307. The van der Waals surface area contributed by atoms with Crippen molar-refractivity contribution in [3.8, 4) is 0 Å². The normalized spacial score (nSPS) is 14.1. The summed E-state index contributed by atoms with van der Waals surface area (Å²) in [6, 6.07) is 4.02. The van der Waals surface area contributed by atoms with Gasteiger partial charge < -0.3 is 15.2 Å². The number of hydrazine groups is 2. The number of fused-ring (bicyclic) bond motifs is 2. The van der Waals surface area contributed by atoms with E-state index in [-0.39, 0.29) is 6.61 Å². The maximum Gasteiger partial charge on any atom is 0.190 e. The Morgan fingerprint density at radius 2 is 2.21 bits per heavy atom. The predicted molar refractivity (Wildman–Crippen MR) is 108 cm³/mol. The summed E-state index contributed by atoms with van der Waals surface area (Å²) >= 11 is 0. The second kappa shape index (κ2) is 7.62. The topological polar surface area (TPSA) is 129 Å². The summed E-state index contributed by atoms with van der Waals surface area (Å²) in [5.74, 6) is 1.29. The highest BCUT2D eigenvalue weighted by Crippen LogP contribution is 2.27. The third kappa shape index (κ3) is 3.38. The SMILES string of the molecule is Cc1cnc2ccc(CN3NNc4ncc(C(C=NCCO)=CN)nc43)cn12. The molecule has 1 aliphatic rings. The smallest absolute Gasteiger partial charge is 0.190 e. The van der Waals surface area contributed by atoms with E-state index in [0.29, 0.717) is 36.0 Å². The van der Waals surface area contributed by atoms with Crippen LogP contribution in [0.4, 0.5) is 11.6 Å². The zero-order chi connectivity index (χ0) is 19.5. The van der Waals surface area contributed by atoms with E-state index >= 15 is 0 Å². The van der Waals surface area contributed by atoms with Crippen LogP contribution in [0.25, 0.3) is 11.2 Å². The lowest BCUT2D eigenvalue weighted by Crippen LogP contribution is -2.35. The minimum absolute atomic E-state index is 0.0213. The van der Waals surface area contributed by atoms with E-state index in [2.05, 4.69) is 41.5 Å². The molecular weight excluding hydrogens is 358 g/mol. The van der Waals surface area contributed by atoms with Gasteiger partial charge >= 0.3 is 0 Å². The molecule has 0 amide bonds. The molecule has 5 N–H and O–H groups in total. The van der Waals surface area contributed by atoms with Crippen molar-refractivity contribution in [2.45, 2.75) is 13.5 Å². The van der Waals surface area contributed by atoms with E-state index in [1.807, 2.05) is 30.3 Å². The first-order chi connectivity index (χ1) is 13.7. The Balaban J connectivity index is 1.59. The lowest BCUT2D eigenvalue weighted by atomic mass is 10.2. The molecule has 3 aromatic rings. The van der Waals surface area contributed by atoms with Crippen molar-refractivity contribution < 1.29 is 5.11 Å². The standard InChI is InChI=1S/C18H21N9O/c1-12-7-21-16-3-2-13(10-26(12)16)11-27-18-17(24-25-27)22-9-15(23-18)14(6-19)8-20-4-5-28/h2-3,6-10,25,28H,4-5,11,19H2,1H3,(H,22,24). The van der Waals surface area contributed by atoms with Crippen LogP contribution < -0.4 is 21.7 Å². The highest BCUT2D eigenvalue weighted by atomic mass is 16.3. The fourth-order valence-electron chi connectivity index (χ4n) is 2.92. The molecule has 0 radical (unpaired) electrons. The van der Waals surface area contributed by atoms with Crippen LogP contribution in [0.2, 0.25) is 0 Å². The van der Waals surface area contributed by atoms with E-state index in [9.17, 15) is 0 Å². The average molecular weight is 379 g/mol. The summed E-state index contributed by atoms with van der Waals surface area (Å²) in [6.45, 7) is 2.88. The fraction of sp³-hybridized carbons (Fsp3) is 0.222. The molecule has 0 unspecified atom stereocenters. The van der Waals surface area contributed by atoms with Crippen molar-refractivity contribution in [3.05, 3.63) is 53.9 Å². The molecule has 4 heterocycles. The Labute approximate surface area is 161 Å². The van der Waals surface area contributed by atoms with Crippen LogP contribution in [-0.2, 0) is 6.54 Å². The van der Waals surface area contributed by atoms with Gasteiger partial charge in [-0.1, -0.05) is 6.07 Å². The van der Waals surface area contributed by atoms with Gasteiger partial charge in [-0.05, 0) is 18.6 Å². The molecule has 1 aliphatic heterocycles. The summed E-state index contributed by atoms with van der Waals surface area (Å²) < 4.78 is 2.05. The summed E-state index contributed by atoms with van der Waals surface area (Å²) in [6.07, 6.45) is 8.54. The maximum absolute atomic E-state index is 8.87. The van der Waals surface area contributed by atoms with Crippen LogP contribution in [0, 0.1) is 6.92 Å². The van der Waals surface area contributed by atoms with E-state index in [0.717, 1.165) is 16.9 Å². The maximum atomic E-state index is 8.87. The molecule has 0 spiro atoms. The molecular formula is C18H21N9O. The Hall–Kier alpha value is -3.50. The monoisotopic (exact) mass is 379 g/mol. The van der Waals surface area contributed by atoms with Crippen molar-refractivity contribution in [2.75, 3.05) is 23.6 Å². The lowest BCUT2D eigenvalue weighted by Gasteiger charge is -2.17. The molecule has 0 atom stereocenters. The van der Waals surface area contributed by atoms with Crippen LogP contribution >= 0.6 is 0 Å². The van der Waals surface area contributed by atoms with Crippen LogP contribution in [0.3, 0.4) is 0 Å². The van der Waals surface area contributed by atoms with Gasteiger partial charge in [-0.15, -0.1) is 5.53 Å². The predicted octanol–water partition coefficient (Wildman–Crippen LogP) is 0.647. The minimum Gasteiger partial charge on any atom is -0.404 e. The van der Waals surface area contributed by atoms with Gasteiger partial charge in [0.1, 0.15) is 5.65 Å². The third-order valence-corrected chi connectivity index (χ3v) is 4.35. The number of hydrogen-bond acceptors (Lipinski definition) is 9. The molecule has 0 saturated heterocycles. The number of hydrogen-bond donors (Lipinski definition) is 4. The van der Waals surface area contributed by atoms with Gasteiger partial charge in [0, 0.05) is 36.1 Å². The Kier molecular flexibility index (Phi) is 4.87. The quantitative estimate of drug-likeness (QED) is 0.460. The number of pyridine rings is 1. The number of imidazole rings is 1. The number of aryl methyl sites for hydroxylation is 1. The second-order valence-electron chi connectivity index (χ2n) is 6.30. The van der Waals surface area contributed by atoms with Crippen LogP contribution in [0.5, 0.6) is 0 Å². The van der Waals surface area contributed by atoms with E-state index in [1.54, 1.807) is 12.4 Å². The summed E-state index contributed by atoms with van der Waals surface area (Å²) in [5, 5.41) is 10.7. The van der Waals surface area contributed by atoms with Gasteiger partial charge in [0.05, 0.1) is 31.6 Å². The largest absolute Gasteiger partial charge is 0.404 e. The van der Waals surface area contributed by atoms with Gasteiger partial charge in [0.15, 0.2) is 11.6 Å². The molecule has 10 heteroatoms. The third-order valence-electron chi connectivity index (χ3n) is 4.35. The first-order valence-corrected chi connectivity index (χ1v) is 8.81. The molecule has 0 fully saturated rings. The van der Waals surface area contributed by atoms with Gasteiger partial charge in [0.25, 0.3) is 0 Å². The number of aromatic nitrogens is 4. The van der Waals surface area contributed by atoms with E-state index in [4.69, 9.17) is 10.8 Å². The number of aliphatic hydroxyl groups is 1. The molecule has 28 heavy (non-hydrogen) atoms. The van der Waals surface area contributed by atoms with E-state index < -0.39 is 0 Å². The zero-order valence-corrected chi connectivity index (χ0v) is 15.4. The molecule has 0 aliphatic carbocycles. The number of allylic oxidation sites excluding steroid dienone is 1. The number of nitrogens with one attached hydrogen (secondary N) is 2. The molecule has 10 nitrogen and oxygen atoms in total. The molecule has 4 rings (SSSR count). The summed E-state index contributed by atoms with van der Waals surface area (Å²) in [5.41, 5.74) is 16.1. The van der Waals surface area contributed by atoms with Crippen molar-refractivity contribution in [1.82, 2.24) is 24.9 Å². The number of anilines is 2. The first-order valence-electron chi connectivity index (χ1n) is 8.81. The highest BCUT2D eigenvalue weighted by Gasteiger charge is 2.23. The molecule has 0 saturated carbocycles. The highest BCUT2D eigenvalue weighted by molar-refractivity contribution is 6.08. The van der Waals surface area contributed by atoms with Gasteiger partial charge in [0.2, 0.25) is 0 Å².